The summed E-state index contributed by atoms with van der Waals surface area (Å²) in [5, 5.41) is 18.8. The van der Waals surface area contributed by atoms with Crippen molar-refractivity contribution in [1.29, 1.82) is 0 Å². The molecule has 8 nitrogen and oxygen atoms in total. The molecule has 3 aromatic rings. The number of hydrogen-bond donors (Lipinski definition) is 1. The zero-order valence-corrected chi connectivity index (χ0v) is 17.4. The highest BCUT2D eigenvalue weighted by Crippen LogP contribution is 2.28. The Morgan fingerprint density at radius 2 is 1.97 bits per heavy atom. The fraction of sp³-hybridized carbons (Fsp3) is 0.250. The molecule has 0 aliphatic carbocycles. The molecule has 29 heavy (non-hydrogen) atoms. The predicted molar refractivity (Wildman–Crippen MR) is 113 cm³/mol. The number of amides is 1. The minimum atomic E-state index is -0.579. The minimum Gasteiger partial charge on any atom is -0.306 e. The maximum atomic E-state index is 13.0. The van der Waals surface area contributed by atoms with E-state index in [2.05, 4.69) is 15.4 Å². The molecule has 1 N–H and O–H groups in total. The Labute approximate surface area is 172 Å². The monoisotopic (exact) mass is 411 g/mol. The molecular formula is C20H21N5O3S. The number of rotatable bonds is 5. The lowest BCUT2D eigenvalue weighted by Gasteiger charge is -2.13. The van der Waals surface area contributed by atoms with Crippen molar-refractivity contribution >= 4 is 29.2 Å². The molecule has 150 valence electrons. The average Bonchev–Trinajstić information content (AvgIpc) is 3.12. The van der Waals surface area contributed by atoms with Gasteiger partial charge in [0.05, 0.1) is 10.6 Å². The lowest BCUT2D eigenvalue weighted by molar-refractivity contribution is -0.385. The van der Waals surface area contributed by atoms with E-state index in [0.717, 1.165) is 10.6 Å². The Bertz CT molecular complexity index is 1060. The molecule has 0 bridgehead atoms. The largest absolute Gasteiger partial charge is 0.306 e. The summed E-state index contributed by atoms with van der Waals surface area (Å²) >= 11 is 1.40. The Hall–Kier alpha value is -3.20. The van der Waals surface area contributed by atoms with E-state index in [1.54, 1.807) is 30.5 Å². The number of thioether (sulfide) groups is 1. The maximum Gasteiger partial charge on any atom is 0.282 e. The van der Waals surface area contributed by atoms with Crippen molar-refractivity contribution in [1.82, 2.24) is 14.8 Å². The Kier molecular flexibility index (Phi) is 5.69. The SMILES string of the molecule is CSc1ccc([N+](=O)[O-])c(C(=O)Nc2cc(C(C)(C)C)nn2-c2ccccn2)c1. The van der Waals surface area contributed by atoms with Gasteiger partial charge in [-0.05, 0) is 30.5 Å². The van der Waals surface area contributed by atoms with Crippen LogP contribution in [0.3, 0.4) is 0 Å². The maximum absolute atomic E-state index is 13.0. The molecule has 0 spiro atoms. The van der Waals surface area contributed by atoms with Crippen molar-refractivity contribution in [3.63, 3.8) is 0 Å². The van der Waals surface area contributed by atoms with Crippen LogP contribution in [0.2, 0.25) is 0 Å². The number of carbonyl (C=O) groups is 1. The molecule has 0 atom stereocenters. The van der Waals surface area contributed by atoms with Crippen molar-refractivity contribution < 1.29 is 9.72 Å². The van der Waals surface area contributed by atoms with Gasteiger partial charge in [0.15, 0.2) is 5.82 Å². The van der Waals surface area contributed by atoms with Crippen LogP contribution in [0.1, 0.15) is 36.8 Å². The first-order valence-corrected chi connectivity index (χ1v) is 10.1. The van der Waals surface area contributed by atoms with E-state index >= 15 is 0 Å². The minimum absolute atomic E-state index is 0.00655. The topological polar surface area (TPSA) is 103 Å². The lowest BCUT2D eigenvalue weighted by atomic mass is 9.92. The zero-order valence-electron chi connectivity index (χ0n) is 16.5. The summed E-state index contributed by atoms with van der Waals surface area (Å²) in [7, 11) is 0. The second kappa shape index (κ2) is 8.04. The molecule has 9 heteroatoms. The van der Waals surface area contributed by atoms with Gasteiger partial charge in [0, 0.05) is 28.6 Å². The van der Waals surface area contributed by atoms with Gasteiger partial charge in [-0.2, -0.15) is 9.78 Å². The highest BCUT2D eigenvalue weighted by atomic mass is 32.2. The molecule has 0 radical (unpaired) electrons. The second-order valence-corrected chi connectivity index (χ2v) is 8.24. The first-order valence-electron chi connectivity index (χ1n) is 8.86. The fourth-order valence-corrected chi connectivity index (χ4v) is 3.10. The number of nitro benzene ring substituents is 1. The molecule has 0 unspecified atom stereocenters. The van der Waals surface area contributed by atoms with Gasteiger partial charge in [0.1, 0.15) is 11.4 Å². The van der Waals surface area contributed by atoms with Crippen molar-refractivity contribution in [3.05, 3.63) is 70.0 Å². The van der Waals surface area contributed by atoms with Crippen LogP contribution < -0.4 is 5.32 Å². The van der Waals surface area contributed by atoms with Crippen LogP contribution in [0.5, 0.6) is 0 Å². The van der Waals surface area contributed by atoms with Gasteiger partial charge in [-0.3, -0.25) is 14.9 Å². The molecule has 0 aliphatic heterocycles. The van der Waals surface area contributed by atoms with E-state index in [-0.39, 0.29) is 16.7 Å². The summed E-state index contributed by atoms with van der Waals surface area (Å²) in [4.78, 5) is 28.9. The van der Waals surface area contributed by atoms with Gasteiger partial charge < -0.3 is 5.32 Å². The number of benzene rings is 1. The Morgan fingerprint density at radius 3 is 2.55 bits per heavy atom. The number of pyridine rings is 1. The van der Waals surface area contributed by atoms with Crippen LogP contribution >= 0.6 is 11.8 Å². The smallest absolute Gasteiger partial charge is 0.282 e. The van der Waals surface area contributed by atoms with Gasteiger partial charge in [0.2, 0.25) is 0 Å². The van der Waals surface area contributed by atoms with Gasteiger partial charge in [-0.15, -0.1) is 11.8 Å². The van der Waals surface area contributed by atoms with Crippen molar-refractivity contribution in [2.75, 3.05) is 11.6 Å². The number of nitrogens with one attached hydrogen (secondary N) is 1. The van der Waals surface area contributed by atoms with Crippen LogP contribution in [0.4, 0.5) is 11.5 Å². The number of nitrogens with zero attached hydrogens (tertiary/aromatic N) is 4. The molecular weight excluding hydrogens is 390 g/mol. The molecule has 1 aromatic carbocycles. The van der Waals surface area contributed by atoms with Gasteiger partial charge >= 0.3 is 0 Å². The fourth-order valence-electron chi connectivity index (χ4n) is 2.66. The molecule has 0 fully saturated rings. The van der Waals surface area contributed by atoms with Crippen molar-refractivity contribution in [2.24, 2.45) is 0 Å². The summed E-state index contributed by atoms with van der Waals surface area (Å²) in [5.41, 5.74) is 0.239. The van der Waals surface area contributed by atoms with Crippen LogP contribution in [-0.4, -0.2) is 31.9 Å². The number of hydrogen-bond acceptors (Lipinski definition) is 6. The Balaban J connectivity index is 2.05. The van der Waals surface area contributed by atoms with Crippen LogP contribution in [-0.2, 0) is 5.41 Å². The lowest BCUT2D eigenvalue weighted by Crippen LogP contribution is -2.17. The molecule has 2 heterocycles. The first-order chi connectivity index (χ1) is 13.7. The van der Waals surface area contributed by atoms with Gasteiger partial charge in [-0.1, -0.05) is 26.8 Å². The molecule has 1 amide bonds. The zero-order chi connectivity index (χ0) is 21.2. The van der Waals surface area contributed by atoms with Crippen molar-refractivity contribution in [2.45, 2.75) is 31.1 Å². The van der Waals surface area contributed by atoms with E-state index < -0.39 is 10.8 Å². The quantitative estimate of drug-likeness (QED) is 0.378. The van der Waals surface area contributed by atoms with E-state index in [4.69, 9.17) is 0 Å². The molecule has 2 aromatic heterocycles. The molecule has 0 aliphatic rings. The second-order valence-electron chi connectivity index (χ2n) is 7.36. The van der Waals surface area contributed by atoms with Gasteiger partial charge in [0.25, 0.3) is 11.6 Å². The highest BCUT2D eigenvalue weighted by molar-refractivity contribution is 7.98. The standard InChI is InChI=1S/C20H21N5O3S/c1-20(2,3)16-12-18(24(23-16)17-7-5-6-10-21-17)22-19(26)14-11-13(29-4)8-9-15(14)25(27)28/h5-12H,1-4H3,(H,22,26). The first kappa shape index (κ1) is 20.5. The average molecular weight is 411 g/mol. The van der Waals surface area contributed by atoms with E-state index in [1.807, 2.05) is 33.1 Å². The van der Waals surface area contributed by atoms with Crippen LogP contribution in [0.15, 0.2) is 53.6 Å². The Morgan fingerprint density at radius 1 is 1.21 bits per heavy atom. The van der Waals surface area contributed by atoms with Crippen molar-refractivity contribution in [3.8, 4) is 5.82 Å². The number of anilines is 1. The van der Waals surface area contributed by atoms with E-state index in [0.29, 0.717) is 11.6 Å². The number of aromatic nitrogens is 3. The summed E-state index contributed by atoms with van der Waals surface area (Å²) in [5.74, 6) is 0.346. The third-order valence-electron chi connectivity index (χ3n) is 4.23. The van der Waals surface area contributed by atoms with Gasteiger partial charge in [-0.25, -0.2) is 4.98 Å². The molecule has 0 saturated heterocycles. The van der Waals surface area contributed by atoms with Crippen LogP contribution in [0.25, 0.3) is 5.82 Å². The highest BCUT2D eigenvalue weighted by Gasteiger charge is 2.25. The summed E-state index contributed by atoms with van der Waals surface area (Å²) < 4.78 is 1.53. The number of nitro groups is 1. The summed E-state index contributed by atoms with van der Waals surface area (Å²) in [6.45, 7) is 6.03. The molecule has 0 saturated carbocycles. The normalized spacial score (nSPS) is 11.3. The third-order valence-corrected chi connectivity index (χ3v) is 4.96. The predicted octanol–water partition coefficient (Wildman–Crippen LogP) is 4.45. The number of carbonyl (C=O) groups excluding carboxylic acids is 1. The van der Waals surface area contributed by atoms with E-state index in [9.17, 15) is 14.9 Å². The van der Waals surface area contributed by atoms with Crippen LogP contribution in [0, 0.1) is 10.1 Å². The third kappa shape index (κ3) is 4.45. The summed E-state index contributed by atoms with van der Waals surface area (Å²) in [6, 6.07) is 11.6. The summed E-state index contributed by atoms with van der Waals surface area (Å²) in [6.07, 6.45) is 3.47. The van der Waals surface area contributed by atoms with E-state index in [1.165, 1.54) is 28.6 Å². The molecule has 3 rings (SSSR count).